The third-order valence-electron chi connectivity index (χ3n) is 3.81. The van der Waals surface area contributed by atoms with Crippen LogP contribution in [0, 0.1) is 0 Å². The van der Waals surface area contributed by atoms with Crippen molar-refractivity contribution in [2.75, 3.05) is 12.4 Å². The number of anilines is 1. The van der Waals surface area contributed by atoms with Crippen molar-refractivity contribution < 1.29 is 14.7 Å². The molecule has 0 aromatic heterocycles. The molecule has 1 aliphatic carbocycles. The van der Waals surface area contributed by atoms with Gasteiger partial charge in [0.05, 0.1) is 0 Å². The number of fused-ring (bicyclic) bond motifs is 1. The van der Waals surface area contributed by atoms with Gasteiger partial charge in [-0.2, -0.15) is 0 Å². The maximum Gasteiger partial charge on any atom is 0.326 e. The number of nitrogens with zero attached hydrogens (tertiary/aromatic N) is 1. The van der Waals surface area contributed by atoms with E-state index in [9.17, 15) is 9.59 Å². The van der Waals surface area contributed by atoms with E-state index in [-0.39, 0.29) is 0 Å². The number of hydrogen-bond donors (Lipinski definition) is 2. The molecule has 108 valence electrons. The highest BCUT2D eigenvalue weighted by atomic mass is 16.4. The van der Waals surface area contributed by atoms with Gasteiger partial charge in [0.2, 0.25) is 0 Å². The van der Waals surface area contributed by atoms with E-state index in [2.05, 4.69) is 5.32 Å². The molecular formula is C15H20N2O3. The number of carboxylic acids is 1. The average molecular weight is 276 g/mol. The zero-order chi connectivity index (χ0) is 14.7. The smallest absolute Gasteiger partial charge is 0.326 e. The molecule has 1 aromatic carbocycles. The molecule has 0 fully saturated rings. The van der Waals surface area contributed by atoms with Gasteiger partial charge in [-0.05, 0) is 48.9 Å². The molecule has 5 nitrogen and oxygen atoms in total. The first-order valence-corrected chi connectivity index (χ1v) is 6.91. The molecule has 1 unspecified atom stereocenters. The van der Waals surface area contributed by atoms with Gasteiger partial charge in [0.15, 0.2) is 0 Å². The Bertz CT molecular complexity index is 528. The third-order valence-corrected chi connectivity index (χ3v) is 3.81. The topological polar surface area (TPSA) is 69.6 Å². The number of aliphatic carboxylic acids is 1. The highest BCUT2D eigenvalue weighted by Gasteiger charge is 2.24. The summed E-state index contributed by atoms with van der Waals surface area (Å²) in [7, 11) is 1.50. The van der Waals surface area contributed by atoms with E-state index in [0.717, 1.165) is 24.9 Å². The minimum Gasteiger partial charge on any atom is -0.480 e. The SMILES string of the molecule is CCC(C(=O)O)N(C)C(=O)Nc1ccc2c(c1)CCC2. The number of aryl methyl sites for hydroxylation is 2. The monoisotopic (exact) mass is 276 g/mol. The van der Waals surface area contributed by atoms with Gasteiger partial charge in [0.1, 0.15) is 6.04 Å². The molecule has 0 heterocycles. The van der Waals surface area contributed by atoms with Gasteiger partial charge in [-0.3, -0.25) is 0 Å². The van der Waals surface area contributed by atoms with E-state index < -0.39 is 18.0 Å². The lowest BCUT2D eigenvalue weighted by atomic mass is 10.1. The molecular weight excluding hydrogens is 256 g/mol. The lowest BCUT2D eigenvalue weighted by Crippen LogP contribution is -2.44. The molecule has 20 heavy (non-hydrogen) atoms. The summed E-state index contributed by atoms with van der Waals surface area (Å²) in [5.74, 6) is -0.987. The van der Waals surface area contributed by atoms with Crippen LogP contribution in [0.15, 0.2) is 18.2 Å². The number of likely N-dealkylation sites (N-methyl/N-ethyl adjacent to an activating group) is 1. The van der Waals surface area contributed by atoms with Crippen LogP contribution in [0.1, 0.15) is 30.9 Å². The Morgan fingerprint density at radius 1 is 1.35 bits per heavy atom. The second kappa shape index (κ2) is 5.94. The van der Waals surface area contributed by atoms with Crippen molar-refractivity contribution in [2.45, 2.75) is 38.6 Å². The summed E-state index contributed by atoms with van der Waals surface area (Å²) in [5.41, 5.74) is 3.34. The fourth-order valence-electron chi connectivity index (χ4n) is 2.62. The Balaban J connectivity index is 2.06. The Hall–Kier alpha value is -2.04. The average Bonchev–Trinajstić information content (AvgIpc) is 2.86. The molecule has 1 aromatic rings. The van der Waals surface area contributed by atoms with Crippen LogP contribution < -0.4 is 5.32 Å². The summed E-state index contributed by atoms with van der Waals surface area (Å²) >= 11 is 0. The van der Waals surface area contributed by atoms with E-state index in [1.807, 2.05) is 18.2 Å². The minimum atomic E-state index is -0.987. The van der Waals surface area contributed by atoms with Crippen LogP contribution in [-0.4, -0.2) is 35.1 Å². The number of carbonyl (C=O) groups excluding carboxylic acids is 1. The van der Waals surface area contributed by atoms with Gasteiger partial charge in [0.25, 0.3) is 0 Å². The number of amides is 2. The van der Waals surface area contributed by atoms with E-state index >= 15 is 0 Å². The number of benzene rings is 1. The maximum absolute atomic E-state index is 12.1. The lowest BCUT2D eigenvalue weighted by Gasteiger charge is -2.24. The fraction of sp³-hybridized carbons (Fsp3) is 0.467. The number of rotatable bonds is 4. The van der Waals surface area contributed by atoms with E-state index in [1.54, 1.807) is 6.92 Å². The van der Waals surface area contributed by atoms with Crippen LogP contribution in [0.3, 0.4) is 0 Å². The van der Waals surface area contributed by atoms with Crippen molar-refractivity contribution >= 4 is 17.7 Å². The Labute approximate surface area is 118 Å². The van der Waals surface area contributed by atoms with Crippen LogP contribution in [0.4, 0.5) is 10.5 Å². The zero-order valence-corrected chi connectivity index (χ0v) is 11.8. The molecule has 1 aliphatic rings. The first-order valence-electron chi connectivity index (χ1n) is 6.91. The van der Waals surface area contributed by atoms with Gasteiger partial charge in [-0.25, -0.2) is 9.59 Å². The Morgan fingerprint density at radius 3 is 2.70 bits per heavy atom. The maximum atomic E-state index is 12.1. The van der Waals surface area contributed by atoms with Crippen molar-refractivity contribution in [3.63, 3.8) is 0 Å². The highest BCUT2D eigenvalue weighted by Crippen LogP contribution is 2.25. The molecule has 5 heteroatoms. The van der Waals surface area contributed by atoms with Crippen LogP contribution >= 0.6 is 0 Å². The normalized spacial score (nSPS) is 14.5. The number of nitrogens with one attached hydrogen (secondary N) is 1. The van der Waals surface area contributed by atoms with Gasteiger partial charge >= 0.3 is 12.0 Å². The second-order valence-electron chi connectivity index (χ2n) is 5.14. The molecule has 0 aliphatic heterocycles. The van der Waals surface area contributed by atoms with Crippen LogP contribution in [0.25, 0.3) is 0 Å². The minimum absolute atomic E-state index is 0.378. The van der Waals surface area contributed by atoms with Crippen molar-refractivity contribution in [2.24, 2.45) is 0 Å². The van der Waals surface area contributed by atoms with E-state index in [0.29, 0.717) is 6.42 Å². The third kappa shape index (κ3) is 2.92. The first-order chi connectivity index (χ1) is 9.52. The number of carboxylic acid groups (broad SMARTS) is 1. The molecule has 0 radical (unpaired) electrons. The fourth-order valence-corrected chi connectivity index (χ4v) is 2.62. The Morgan fingerprint density at radius 2 is 2.05 bits per heavy atom. The highest BCUT2D eigenvalue weighted by molar-refractivity contribution is 5.92. The standard InChI is InChI=1S/C15H20N2O3/c1-3-13(14(18)19)17(2)15(20)16-12-8-7-10-5-4-6-11(10)9-12/h7-9,13H,3-6H2,1-2H3,(H,16,20)(H,18,19). The molecule has 0 saturated heterocycles. The summed E-state index contributed by atoms with van der Waals surface area (Å²) < 4.78 is 0. The van der Waals surface area contributed by atoms with Crippen molar-refractivity contribution in [3.05, 3.63) is 29.3 Å². The Kier molecular flexibility index (Phi) is 4.27. The predicted molar refractivity (Wildman–Crippen MR) is 77.0 cm³/mol. The molecule has 1 atom stereocenters. The van der Waals surface area contributed by atoms with Crippen molar-refractivity contribution in [1.82, 2.24) is 4.90 Å². The van der Waals surface area contributed by atoms with Crippen LogP contribution in [0.5, 0.6) is 0 Å². The van der Waals surface area contributed by atoms with Gasteiger partial charge in [0, 0.05) is 12.7 Å². The number of urea groups is 1. The van der Waals surface area contributed by atoms with Gasteiger partial charge in [-0.1, -0.05) is 13.0 Å². The largest absolute Gasteiger partial charge is 0.480 e. The summed E-state index contributed by atoms with van der Waals surface area (Å²) in [4.78, 5) is 24.4. The molecule has 0 spiro atoms. The quantitative estimate of drug-likeness (QED) is 0.887. The summed E-state index contributed by atoms with van der Waals surface area (Å²) in [6.07, 6.45) is 3.68. The first kappa shape index (κ1) is 14.4. The van der Waals surface area contributed by atoms with Crippen molar-refractivity contribution in [1.29, 1.82) is 0 Å². The number of hydrogen-bond acceptors (Lipinski definition) is 2. The predicted octanol–water partition coefficient (Wildman–Crippen LogP) is 2.50. The second-order valence-corrected chi connectivity index (χ2v) is 5.14. The van der Waals surface area contributed by atoms with Crippen molar-refractivity contribution in [3.8, 4) is 0 Å². The van der Waals surface area contributed by atoms with Crippen LogP contribution in [0.2, 0.25) is 0 Å². The molecule has 2 N–H and O–H groups in total. The number of carbonyl (C=O) groups is 2. The summed E-state index contributed by atoms with van der Waals surface area (Å²) in [6, 6.07) is 4.70. The van der Waals surface area contributed by atoms with Crippen LogP contribution in [-0.2, 0) is 17.6 Å². The molecule has 2 rings (SSSR count). The van der Waals surface area contributed by atoms with Gasteiger partial charge < -0.3 is 15.3 Å². The molecule has 0 saturated carbocycles. The molecule has 2 amide bonds. The molecule has 0 bridgehead atoms. The van der Waals surface area contributed by atoms with Gasteiger partial charge in [-0.15, -0.1) is 0 Å². The van der Waals surface area contributed by atoms with E-state index in [4.69, 9.17) is 5.11 Å². The summed E-state index contributed by atoms with van der Waals surface area (Å²) in [5, 5.41) is 11.8. The van der Waals surface area contributed by atoms with E-state index in [1.165, 1.54) is 23.1 Å². The zero-order valence-electron chi connectivity index (χ0n) is 11.8. The lowest BCUT2D eigenvalue weighted by molar-refractivity contribution is -0.141. The summed E-state index contributed by atoms with van der Waals surface area (Å²) in [6.45, 7) is 1.75.